The molecule has 2 saturated heterocycles. The zero-order valence-electron chi connectivity index (χ0n) is 43.4. The molecule has 0 saturated carbocycles. The average Bonchev–Trinajstić information content (AvgIpc) is 4.21. The van der Waals surface area contributed by atoms with Crippen molar-refractivity contribution >= 4 is 58.2 Å². The molecular formula is C58H64N8O10S2. The van der Waals surface area contributed by atoms with Crippen LogP contribution >= 0.6 is 22.7 Å². The highest BCUT2D eigenvalue weighted by Crippen LogP contribution is 2.31. The summed E-state index contributed by atoms with van der Waals surface area (Å²) in [6.07, 6.45) is 3.61. The number of benzene rings is 4. The van der Waals surface area contributed by atoms with Gasteiger partial charge in [-0.25, -0.2) is 0 Å². The molecule has 3 aliphatic rings. The zero-order valence-corrected chi connectivity index (χ0v) is 45.1. The SMILES string of the molecule is O=C(CCN1CCOCC1)OCC1C(=O)NC(=O)C(COC(=O)CCN2CCOCC2)c2cccc(c2)-c2nnc(s2)CCCCc2nnc(s2)-c2cccc1c2.[CH2]C(C(=O)NC(=O)C([CH2])c1ccccc1)c1ccccc1. The molecule has 9 rings (SSSR count). The number of morpholine rings is 2. The molecule has 408 valence electrons. The molecular weight excluding hydrogens is 1030 g/mol. The first-order valence-electron chi connectivity index (χ1n) is 26.2. The Hall–Kier alpha value is -6.94. The minimum atomic E-state index is -1.04. The Morgan fingerprint density at radius 3 is 1.41 bits per heavy atom. The van der Waals surface area contributed by atoms with Crippen molar-refractivity contribution < 1.29 is 47.7 Å². The molecule has 4 unspecified atom stereocenters. The summed E-state index contributed by atoms with van der Waals surface area (Å²) < 4.78 is 22.3. The largest absolute Gasteiger partial charge is 0.464 e. The maximum absolute atomic E-state index is 14.2. The second-order valence-electron chi connectivity index (χ2n) is 19.0. The molecule has 2 aromatic heterocycles. The van der Waals surface area contributed by atoms with Crippen LogP contribution in [0.25, 0.3) is 21.1 Å². The predicted octanol–water partition coefficient (Wildman–Crippen LogP) is 6.51. The number of hydrogen-bond donors (Lipinski definition) is 2. The van der Waals surface area contributed by atoms with Gasteiger partial charge in [0.15, 0.2) is 0 Å². The molecule has 4 aromatic carbocycles. The van der Waals surface area contributed by atoms with Crippen LogP contribution in [0.15, 0.2) is 109 Å². The summed E-state index contributed by atoms with van der Waals surface area (Å²) in [5.74, 6) is -6.39. The number of hydrogen-bond acceptors (Lipinski definition) is 18. The fourth-order valence-corrected chi connectivity index (χ4v) is 10.6. The van der Waals surface area contributed by atoms with Crippen LogP contribution in [-0.2, 0) is 60.6 Å². The first-order valence-corrected chi connectivity index (χ1v) is 27.8. The van der Waals surface area contributed by atoms with Gasteiger partial charge in [-0.2, -0.15) is 0 Å². The van der Waals surface area contributed by atoms with Gasteiger partial charge in [-0.1, -0.05) is 120 Å². The minimum Gasteiger partial charge on any atom is -0.464 e. The molecule has 4 atom stereocenters. The lowest BCUT2D eigenvalue weighted by atomic mass is 9.95. The Bertz CT molecular complexity index is 2750. The Labute approximate surface area is 462 Å². The number of ether oxygens (including phenoxy) is 4. The van der Waals surface area contributed by atoms with Crippen molar-refractivity contribution in [1.29, 1.82) is 0 Å². The molecule has 2 radical (unpaired) electrons. The van der Waals surface area contributed by atoms with Gasteiger partial charge >= 0.3 is 11.9 Å². The van der Waals surface area contributed by atoms with Gasteiger partial charge in [0.25, 0.3) is 0 Å². The van der Waals surface area contributed by atoms with E-state index in [9.17, 15) is 28.8 Å². The number of aryl methyl sites for hydroxylation is 2. The number of nitrogens with zero attached hydrogens (tertiary/aromatic N) is 6. The van der Waals surface area contributed by atoms with Gasteiger partial charge in [0.05, 0.1) is 62.9 Å². The van der Waals surface area contributed by atoms with Gasteiger partial charge in [-0.3, -0.25) is 49.2 Å². The van der Waals surface area contributed by atoms with E-state index in [0.29, 0.717) is 60.7 Å². The van der Waals surface area contributed by atoms with E-state index in [-0.39, 0.29) is 26.1 Å². The molecule has 2 N–H and O–H groups in total. The third-order valence-electron chi connectivity index (χ3n) is 13.5. The first kappa shape index (κ1) is 57.2. The topological polar surface area (TPSA) is 221 Å². The molecule has 2 fully saturated rings. The van der Waals surface area contributed by atoms with E-state index in [1.807, 2.05) is 72.8 Å². The van der Waals surface area contributed by atoms with E-state index >= 15 is 0 Å². The van der Waals surface area contributed by atoms with Crippen LogP contribution in [0.2, 0.25) is 0 Å². The van der Waals surface area contributed by atoms with Crippen LogP contribution in [-0.4, -0.2) is 145 Å². The summed E-state index contributed by atoms with van der Waals surface area (Å²) in [5.41, 5.74) is 4.13. The number of rotatable bonds is 14. The Morgan fingerprint density at radius 1 is 0.590 bits per heavy atom. The molecule has 0 spiro atoms. The number of carbonyl (C=O) groups is 6. The lowest BCUT2D eigenvalue weighted by Crippen LogP contribution is -2.41. The lowest BCUT2D eigenvalue weighted by Gasteiger charge is -2.26. The summed E-state index contributed by atoms with van der Waals surface area (Å²) >= 11 is 2.97. The molecule has 78 heavy (non-hydrogen) atoms. The summed E-state index contributed by atoms with van der Waals surface area (Å²) in [7, 11) is 0. The Kier molecular flexibility index (Phi) is 21.4. The van der Waals surface area contributed by atoms with Gasteiger partial charge in [0.2, 0.25) is 23.6 Å². The van der Waals surface area contributed by atoms with Gasteiger partial charge in [-0.15, -0.1) is 20.4 Å². The van der Waals surface area contributed by atoms with Crippen LogP contribution < -0.4 is 10.6 Å². The quantitative estimate of drug-likeness (QED) is 0.0877. The summed E-state index contributed by atoms with van der Waals surface area (Å²) in [6, 6.07) is 32.9. The normalized spacial score (nSPS) is 18.1. The van der Waals surface area contributed by atoms with E-state index in [0.717, 1.165) is 84.1 Å². The van der Waals surface area contributed by atoms with Gasteiger partial charge < -0.3 is 18.9 Å². The first-order chi connectivity index (χ1) is 38.0. The highest BCUT2D eigenvalue weighted by Gasteiger charge is 2.31. The molecule has 0 aliphatic carbocycles. The molecule has 8 bridgehead atoms. The standard InChI is InChI=1S/C40H47N7O8S2.C18H17NO2/c48-35(11-13-46-15-19-52-20-16-46)54-25-31-27-5-3-7-29(23-27)39-44-42-33(56-39)9-1-2-10-34-43-45-40(57-34)30-8-4-6-28(24-30)32(38(51)41-37(31)50)26-55-36(49)12-14-47-17-21-53-22-18-47;1-13(15-9-5-3-6-10-15)17(20)19-18(21)14(2)16-11-7-4-8-12-16/h3-8,23-24,31-32H,1-2,9-22,25-26H2,(H,41,50,51);3-14H,1-2H2,(H,19,20,21). The van der Waals surface area contributed by atoms with Crippen molar-refractivity contribution in [3.63, 3.8) is 0 Å². The highest BCUT2D eigenvalue weighted by atomic mass is 32.1. The van der Waals surface area contributed by atoms with Crippen LogP contribution in [0.1, 0.15) is 81.6 Å². The summed E-state index contributed by atoms with van der Waals surface area (Å²) in [6.45, 7) is 13.4. The van der Waals surface area contributed by atoms with E-state index in [1.165, 1.54) is 22.7 Å². The van der Waals surface area contributed by atoms with E-state index in [2.05, 4.69) is 54.7 Å². The van der Waals surface area contributed by atoms with Crippen LogP contribution in [0.5, 0.6) is 0 Å². The van der Waals surface area contributed by atoms with Crippen molar-refractivity contribution in [3.8, 4) is 21.1 Å². The highest BCUT2D eigenvalue weighted by molar-refractivity contribution is 7.15. The molecule has 5 heterocycles. The second kappa shape index (κ2) is 29.2. The maximum atomic E-state index is 14.2. The van der Waals surface area contributed by atoms with E-state index < -0.39 is 59.2 Å². The minimum absolute atomic E-state index is 0.145. The summed E-state index contributed by atoms with van der Waals surface area (Å²) in [4.78, 5) is 82.9. The van der Waals surface area contributed by atoms with Crippen molar-refractivity contribution in [2.45, 2.75) is 62.2 Å². The lowest BCUT2D eigenvalue weighted by molar-refractivity contribution is -0.146. The third-order valence-corrected chi connectivity index (χ3v) is 15.6. The number of carbonyl (C=O) groups excluding carboxylic acids is 6. The van der Waals surface area contributed by atoms with E-state index in [4.69, 9.17) is 18.9 Å². The molecule has 20 heteroatoms. The van der Waals surface area contributed by atoms with Crippen LogP contribution in [0, 0.1) is 13.8 Å². The number of fused-ring (bicyclic) bond motifs is 10. The van der Waals surface area contributed by atoms with Gasteiger partial charge in [-0.05, 0) is 61.1 Å². The zero-order chi connectivity index (χ0) is 54.6. The van der Waals surface area contributed by atoms with Crippen LogP contribution in [0.3, 0.4) is 0 Å². The van der Waals surface area contributed by atoms with Gasteiger partial charge in [0, 0.05) is 63.2 Å². The summed E-state index contributed by atoms with van der Waals surface area (Å²) in [5, 5.41) is 25.9. The smallest absolute Gasteiger partial charge is 0.307 e. The number of esters is 2. The number of amides is 4. The monoisotopic (exact) mass is 1100 g/mol. The number of nitrogens with one attached hydrogen (secondary N) is 2. The van der Waals surface area contributed by atoms with Gasteiger partial charge in [0.1, 0.15) is 33.2 Å². The Morgan fingerprint density at radius 2 is 1.00 bits per heavy atom. The predicted molar refractivity (Wildman–Crippen MR) is 294 cm³/mol. The molecule has 3 aliphatic heterocycles. The fraction of sp³-hybridized carbons (Fsp3) is 0.379. The molecule has 6 aromatic rings. The third kappa shape index (κ3) is 16.8. The average molecular weight is 1100 g/mol. The van der Waals surface area contributed by atoms with Crippen molar-refractivity contribution in [3.05, 3.63) is 155 Å². The Balaban J connectivity index is 0.000000320. The van der Waals surface area contributed by atoms with Crippen molar-refractivity contribution in [2.24, 2.45) is 0 Å². The van der Waals surface area contributed by atoms with Crippen LogP contribution in [0.4, 0.5) is 0 Å². The molecule has 18 nitrogen and oxygen atoms in total. The molecule has 4 amide bonds. The number of imide groups is 2. The second-order valence-corrected chi connectivity index (χ2v) is 21.1. The maximum Gasteiger partial charge on any atom is 0.307 e. The van der Waals surface area contributed by atoms with Crippen molar-refractivity contribution in [1.82, 2.24) is 40.8 Å². The van der Waals surface area contributed by atoms with E-state index in [1.54, 1.807) is 36.4 Å². The van der Waals surface area contributed by atoms with Crippen molar-refractivity contribution in [2.75, 3.05) is 78.9 Å². The fourth-order valence-electron chi connectivity index (χ4n) is 8.83. The number of aromatic nitrogens is 4.